The van der Waals surface area contributed by atoms with Crippen LogP contribution in [-0.4, -0.2) is 49.2 Å². The second kappa shape index (κ2) is 12.3. The van der Waals surface area contributed by atoms with Gasteiger partial charge < -0.3 is 26.8 Å². The van der Waals surface area contributed by atoms with Crippen molar-refractivity contribution in [3.05, 3.63) is 92.9 Å². The summed E-state index contributed by atoms with van der Waals surface area (Å²) >= 11 is 0. The van der Waals surface area contributed by atoms with Gasteiger partial charge >= 0.3 is 6.18 Å². The highest BCUT2D eigenvalue weighted by Crippen LogP contribution is 2.32. The van der Waals surface area contributed by atoms with E-state index in [0.717, 1.165) is 28.7 Å². The number of quaternary nitrogens is 1. The van der Waals surface area contributed by atoms with Crippen molar-refractivity contribution in [1.82, 2.24) is 9.88 Å². The number of rotatable bonds is 8. The third kappa shape index (κ3) is 7.70. The zero-order valence-corrected chi connectivity index (χ0v) is 22.5. The van der Waals surface area contributed by atoms with Crippen LogP contribution < -0.4 is 23.2 Å². The molecule has 1 aromatic heterocycles. The lowest BCUT2D eigenvalue weighted by Gasteiger charge is -2.23. The zero-order valence-electron chi connectivity index (χ0n) is 21.7. The molecule has 0 aliphatic carbocycles. The van der Waals surface area contributed by atoms with Crippen LogP contribution in [-0.2, 0) is 12.7 Å². The smallest absolute Gasteiger partial charge is 0.416 e. The first kappa shape index (κ1) is 30.6. The summed E-state index contributed by atoms with van der Waals surface area (Å²) in [6, 6.07) is 13.4. The number of benzene rings is 2. The summed E-state index contributed by atoms with van der Waals surface area (Å²) in [6.07, 6.45) is -2.44. The zero-order chi connectivity index (χ0) is 27.4. The van der Waals surface area contributed by atoms with Gasteiger partial charge in [0.05, 0.1) is 44.9 Å². The van der Waals surface area contributed by atoms with Gasteiger partial charge in [0.1, 0.15) is 5.56 Å². The number of aromatic nitrogens is 1. The Hall–Kier alpha value is -3.61. The van der Waals surface area contributed by atoms with Gasteiger partial charge in [-0.25, -0.2) is 0 Å². The van der Waals surface area contributed by atoms with Gasteiger partial charge in [0.15, 0.2) is 0 Å². The third-order valence-corrected chi connectivity index (χ3v) is 6.00. The highest BCUT2D eigenvalue weighted by Gasteiger charge is 2.31. The van der Waals surface area contributed by atoms with Gasteiger partial charge in [0, 0.05) is 37.0 Å². The van der Waals surface area contributed by atoms with E-state index in [4.69, 9.17) is 5.26 Å². The predicted molar refractivity (Wildman–Crippen MR) is 136 cm³/mol. The SMILES string of the molecule is Cc1c(-c2cccc(C(F)(F)F)c2)c(=O)c(C(=O)NCCC[N+](C)(C)C)cn1Cc1ccc(C#N)cc1.[Cl-]. The van der Waals surface area contributed by atoms with Gasteiger partial charge in [-0.1, -0.05) is 24.3 Å². The Balaban J connectivity index is 0.00000507. The molecule has 1 amide bonds. The number of nitrogens with zero attached hydrogens (tertiary/aromatic N) is 3. The van der Waals surface area contributed by atoms with E-state index in [1.165, 1.54) is 18.3 Å². The van der Waals surface area contributed by atoms with Crippen LogP contribution in [0.5, 0.6) is 0 Å². The lowest BCUT2D eigenvalue weighted by molar-refractivity contribution is -0.870. The molecule has 0 spiro atoms. The fraction of sp³-hybridized carbons (Fsp3) is 0.321. The monoisotopic (exact) mass is 546 g/mol. The molecule has 0 saturated heterocycles. The van der Waals surface area contributed by atoms with Crippen molar-refractivity contribution in [2.75, 3.05) is 34.2 Å². The molecule has 0 radical (unpaired) electrons. The topological polar surface area (TPSA) is 74.9 Å². The lowest BCUT2D eigenvalue weighted by Crippen LogP contribution is -3.00. The molecule has 1 heterocycles. The second-order valence-corrected chi connectivity index (χ2v) is 9.97. The normalized spacial score (nSPS) is 11.4. The van der Waals surface area contributed by atoms with Crippen molar-refractivity contribution >= 4 is 5.91 Å². The van der Waals surface area contributed by atoms with Gasteiger partial charge in [-0.2, -0.15) is 18.4 Å². The largest absolute Gasteiger partial charge is 1.00 e. The van der Waals surface area contributed by atoms with Crippen LogP contribution in [0.4, 0.5) is 13.2 Å². The molecule has 0 bridgehead atoms. The molecule has 0 fully saturated rings. The minimum absolute atomic E-state index is 0. The van der Waals surface area contributed by atoms with E-state index in [-0.39, 0.29) is 35.6 Å². The molecule has 0 atom stereocenters. The summed E-state index contributed by atoms with van der Waals surface area (Å²) in [6.45, 7) is 3.07. The average Bonchev–Trinajstić information content (AvgIpc) is 2.83. The number of amides is 1. The Labute approximate surface area is 226 Å². The molecule has 202 valence electrons. The highest BCUT2D eigenvalue weighted by atomic mass is 35.5. The number of carbonyl (C=O) groups is 1. The highest BCUT2D eigenvalue weighted by molar-refractivity contribution is 5.95. The first-order valence-corrected chi connectivity index (χ1v) is 11.8. The van der Waals surface area contributed by atoms with Gasteiger partial charge in [-0.3, -0.25) is 9.59 Å². The molecular formula is C28H30ClF3N4O2. The molecule has 1 N–H and O–H groups in total. The first-order chi connectivity index (χ1) is 17.3. The molecule has 0 aliphatic heterocycles. The molecule has 10 heteroatoms. The van der Waals surface area contributed by atoms with Gasteiger partial charge in [0.2, 0.25) is 5.43 Å². The first-order valence-electron chi connectivity index (χ1n) is 11.8. The molecule has 6 nitrogen and oxygen atoms in total. The molecule has 38 heavy (non-hydrogen) atoms. The predicted octanol–water partition coefficient (Wildman–Crippen LogP) is 1.59. The average molecular weight is 547 g/mol. The molecule has 0 saturated carbocycles. The Morgan fingerprint density at radius 3 is 2.34 bits per heavy atom. The van der Waals surface area contributed by atoms with Crippen LogP contribution in [0, 0.1) is 18.3 Å². The maximum absolute atomic E-state index is 13.5. The minimum Gasteiger partial charge on any atom is -1.00 e. The number of hydrogen-bond donors (Lipinski definition) is 1. The van der Waals surface area contributed by atoms with Crippen molar-refractivity contribution in [1.29, 1.82) is 5.26 Å². The Kier molecular flexibility index (Phi) is 9.90. The summed E-state index contributed by atoms with van der Waals surface area (Å²) in [5.74, 6) is -0.576. The second-order valence-electron chi connectivity index (χ2n) is 9.97. The van der Waals surface area contributed by atoms with E-state index in [1.54, 1.807) is 35.8 Å². The fourth-order valence-electron chi connectivity index (χ4n) is 4.00. The summed E-state index contributed by atoms with van der Waals surface area (Å²) in [7, 11) is 6.10. The van der Waals surface area contributed by atoms with E-state index in [2.05, 4.69) is 5.32 Å². The molecule has 0 unspecified atom stereocenters. The van der Waals surface area contributed by atoms with E-state index in [9.17, 15) is 22.8 Å². The molecule has 3 aromatic rings. The van der Waals surface area contributed by atoms with Crippen LogP contribution >= 0.6 is 0 Å². The van der Waals surface area contributed by atoms with Crippen molar-refractivity contribution in [3.8, 4) is 17.2 Å². The maximum Gasteiger partial charge on any atom is 0.416 e. The lowest BCUT2D eigenvalue weighted by atomic mass is 9.98. The molecule has 2 aromatic carbocycles. The molecule has 0 aliphatic rings. The fourth-order valence-corrected chi connectivity index (χ4v) is 4.00. The maximum atomic E-state index is 13.5. The Morgan fingerprint density at radius 2 is 1.76 bits per heavy atom. The van der Waals surface area contributed by atoms with Gasteiger partial charge in [-0.15, -0.1) is 0 Å². The summed E-state index contributed by atoms with van der Waals surface area (Å²) in [5, 5.41) is 11.8. The molecule has 3 rings (SSSR count). The van der Waals surface area contributed by atoms with Crippen LogP contribution in [0.15, 0.2) is 59.5 Å². The van der Waals surface area contributed by atoms with Crippen LogP contribution in [0.25, 0.3) is 11.1 Å². The van der Waals surface area contributed by atoms with Gasteiger partial charge in [0.25, 0.3) is 5.91 Å². The number of carbonyl (C=O) groups excluding carboxylic acids is 1. The van der Waals surface area contributed by atoms with Crippen LogP contribution in [0.3, 0.4) is 0 Å². The summed E-state index contributed by atoms with van der Waals surface area (Å²) in [4.78, 5) is 26.5. The number of halogens is 4. The minimum atomic E-state index is -4.58. The third-order valence-electron chi connectivity index (χ3n) is 6.00. The van der Waals surface area contributed by atoms with Crippen molar-refractivity contribution < 1.29 is 34.9 Å². The van der Waals surface area contributed by atoms with E-state index < -0.39 is 23.1 Å². The van der Waals surface area contributed by atoms with Crippen molar-refractivity contribution in [2.24, 2.45) is 0 Å². The van der Waals surface area contributed by atoms with Crippen LogP contribution in [0.1, 0.15) is 39.2 Å². The number of hydrogen-bond acceptors (Lipinski definition) is 3. The van der Waals surface area contributed by atoms with Crippen LogP contribution in [0.2, 0.25) is 0 Å². The summed E-state index contributed by atoms with van der Waals surface area (Å²) < 4.78 is 42.6. The van der Waals surface area contributed by atoms with E-state index >= 15 is 0 Å². The molecular weight excluding hydrogens is 517 g/mol. The number of nitrogens with one attached hydrogen (secondary N) is 1. The summed E-state index contributed by atoms with van der Waals surface area (Å²) in [5.41, 5.74) is 0.195. The van der Waals surface area contributed by atoms with E-state index in [0.29, 0.717) is 24.2 Å². The Morgan fingerprint density at radius 1 is 1.11 bits per heavy atom. The number of nitriles is 1. The quantitative estimate of drug-likeness (QED) is 0.344. The standard InChI is InChI=1S/C28H29F3N4O2.ClH/c1-19-25(22-7-5-8-23(15-22)28(29,30)31)26(36)24(27(37)33-13-6-14-35(2,3)4)18-34(19)17-21-11-9-20(16-32)10-12-21;/h5,7-12,15,18H,6,13-14,17H2,1-4H3;1H. The van der Waals surface area contributed by atoms with E-state index in [1.807, 2.05) is 27.2 Å². The van der Waals surface area contributed by atoms with Gasteiger partial charge in [-0.05, 0) is 42.3 Å². The van der Waals surface area contributed by atoms with Crippen molar-refractivity contribution in [3.63, 3.8) is 0 Å². The number of pyridine rings is 1. The van der Waals surface area contributed by atoms with Crippen molar-refractivity contribution in [2.45, 2.75) is 26.1 Å². The number of alkyl halides is 3. The Bertz CT molecular complexity index is 1390.